The minimum absolute atomic E-state index is 0.125. The van der Waals surface area contributed by atoms with Crippen LogP contribution in [-0.2, 0) is 10.2 Å². The van der Waals surface area contributed by atoms with E-state index in [1.807, 2.05) is 31.4 Å². The molecule has 0 spiro atoms. The van der Waals surface area contributed by atoms with Gasteiger partial charge in [-0.05, 0) is 38.3 Å². The van der Waals surface area contributed by atoms with Gasteiger partial charge in [-0.2, -0.15) is 0 Å². The smallest absolute Gasteiger partial charge is 0.230 e. The first-order valence-corrected chi connectivity index (χ1v) is 8.24. The standard InChI is InChI=1S/C15H25N3OS/c1-15(2,13-5-3-12-20-13)14(19)17-6-4-9-18-10-7-16-8-11-18/h3,5,12,16H,4,6-11H2,1-2H3,(H,17,19). The van der Waals surface area contributed by atoms with Crippen LogP contribution in [0.15, 0.2) is 17.5 Å². The van der Waals surface area contributed by atoms with E-state index in [9.17, 15) is 4.79 Å². The Balaban J connectivity index is 1.69. The lowest BCUT2D eigenvalue weighted by Crippen LogP contribution is -2.45. The second kappa shape index (κ2) is 7.20. The number of rotatable bonds is 6. The molecule has 0 unspecified atom stereocenters. The second-order valence-electron chi connectivity index (χ2n) is 5.80. The number of amides is 1. The average Bonchev–Trinajstić information content (AvgIpc) is 2.99. The topological polar surface area (TPSA) is 44.4 Å². The zero-order valence-corrected chi connectivity index (χ0v) is 13.3. The quantitative estimate of drug-likeness (QED) is 0.781. The molecule has 0 radical (unpaired) electrons. The highest BCUT2D eigenvalue weighted by Crippen LogP contribution is 2.27. The molecule has 0 atom stereocenters. The number of piperazine rings is 1. The van der Waals surface area contributed by atoms with Gasteiger partial charge in [-0.15, -0.1) is 11.3 Å². The molecule has 1 aromatic heterocycles. The summed E-state index contributed by atoms with van der Waals surface area (Å²) in [6.07, 6.45) is 1.02. The van der Waals surface area contributed by atoms with E-state index in [-0.39, 0.29) is 5.91 Å². The van der Waals surface area contributed by atoms with Gasteiger partial charge in [0.15, 0.2) is 0 Å². The number of hydrogen-bond acceptors (Lipinski definition) is 4. The van der Waals surface area contributed by atoms with Crippen molar-refractivity contribution in [3.63, 3.8) is 0 Å². The molecule has 1 aromatic rings. The molecule has 0 aliphatic carbocycles. The number of thiophene rings is 1. The first kappa shape index (κ1) is 15.5. The van der Waals surface area contributed by atoms with E-state index in [0.717, 1.165) is 50.6 Å². The summed E-state index contributed by atoms with van der Waals surface area (Å²) >= 11 is 1.64. The SMILES string of the molecule is CC(C)(C(=O)NCCCN1CCNCC1)c1cccs1. The van der Waals surface area contributed by atoms with Crippen molar-refractivity contribution in [1.29, 1.82) is 0 Å². The fourth-order valence-electron chi connectivity index (χ4n) is 2.41. The predicted molar refractivity (Wildman–Crippen MR) is 84.3 cm³/mol. The molecule has 1 aliphatic rings. The van der Waals surface area contributed by atoms with Gasteiger partial charge in [-0.25, -0.2) is 0 Å². The zero-order valence-electron chi connectivity index (χ0n) is 12.4. The van der Waals surface area contributed by atoms with Crippen LogP contribution in [0.3, 0.4) is 0 Å². The van der Waals surface area contributed by atoms with Gasteiger partial charge in [-0.1, -0.05) is 6.07 Å². The third kappa shape index (κ3) is 4.04. The highest BCUT2D eigenvalue weighted by atomic mass is 32.1. The molecule has 0 aromatic carbocycles. The molecule has 20 heavy (non-hydrogen) atoms. The molecule has 2 rings (SSSR count). The van der Waals surface area contributed by atoms with Gasteiger partial charge in [-0.3, -0.25) is 4.79 Å². The van der Waals surface area contributed by atoms with Crippen molar-refractivity contribution < 1.29 is 4.79 Å². The Morgan fingerprint density at radius 3 is 2.85 bits per heavy atom. The van der Waals surface area contributed by atoms with Crippen LogP contribution in [0.4, 0.5) is 0 Å². The lowest BCUT2D eigenvalue weighted by atomic mass is 9.90. The largest absolute Gasteiger partial charge is 0.355 e. The van der Waals surface area contributed by atoms with Crippen molar-refractivity contribution in [3.8, 4) is 0 Å². The molecule has 1 saturated heterocycles. The molecular formula is C15H25N3OS. The van der Waals surface area contributed by atoms with Crippen molar-refractivity contribution in [2.45, 2.75) is 25.7 Å². The summed E-state index contributed by atoms with van der Waals surface area (Å²) in [5.74, 6) is 0.125. The Hall–Kier alpha value is -0.910. The van der Waals surface area contributed by atoms with Crippen LogP contribution in [-0.4, -0.2) is 50.1 Å². The van der Waals surface area contributed by atoms with E-state index in [1.54, 1.807) is 11.3 Å². The maximum Gasteiger partial charge on any atom is 0.230 e. The van der Waals surface area contributed by atoms with Gasteiger partial charge >= 0.3 is 0 Å². The molecule has 0 saturated carbocycles. The first-order chi connectivity index (χ1) is 9.60. The van der Waals surface area contributed by atoms with E-state index in [0.29, 0.717) is 0 Å². The minimum atomic E-state index is -0.427. The summed E-state index contributed by atoms with van der Waals surface area (Å²) in [6.45, 7) is 10.2. The molecule has 5 heteroatoms. The maximum atomic E-state index is 12.3. The van der Waals surface area contributed by atoms with Crippen LogP contribution in [0.5, 0.6) is 0 Å². The Morgan fingerprint density at radius 2 is 2.20 bits per heavy atom. The third-order valence-corrected chi connectivity index (χ3v) is 5.04. The average molecular weight is 295 g/mol. The zero-order chi connectivity index (χ0) is 14.4. The fraction of sp³-hybridized carbons (Fsp3) is 0.667. The summed E-state index contributed by atoms with van der Waals surface area (Å²) in [5, 5.41) is 8.45. The van der Waals surface area contributed by atoms with E-state index >= 15 is 0 Å². The van der Waals surface area contributed by atoms with Gasteiger partial charge in [0.2, 0.25) is 5.91 Å². The van der Waals surface area contributed by atoms with Gasteiger partial charge in [0.05, 0.1) is 5.41 Å². The van der Waals surface area contributed by atoms with Crippen LogP contribution in [0, 0.1) is 0 Å². The monoisotopic (exact) mass is 295 g/mol. The summed E-state index contributed by atoms with van der Waals surface area (Å²) < 4.78 is 0. The lowest BCUT2D eigenvalue weighted by molar-refractivity contribution is -0.125. The van der Waals surface area contributed by atoms with Crippen LogP contribution in [0.2, 0.25) is 0 Å². The van der Waals surface area contributed by atoms with Crippen molar-refractivity contribution in [2.75, 3.05) is 39.3 Å². The summed E-state index contributed by atoms with van der Waals surface area (Å²) in [5.41, 5.74) is -0.427. The maximum absolute atomic E-state index is 12.3. The molecule has 112 valence electrons. The summed E-state index contributed by atoms with van der Waals surface area (Å²) in [6, 6.07) is 4.03. The Labute approximate surface area is 125 Å². The number of nitrogens with zero attached hydrogens (tertiary/aromatic N) is 1. The number of nitrogens with one attached hydrogen (secondary N) is 2. The third-order valence-electron chi connectivity index (χ3n) is 3.85. The molecule has 1 amide bonds. The van der Waals surface area contributed by atoms with Crippen LogP contribution in [0.25, 0.3) is 0 Å². The Morgan fingerprint density at radius 1 is 1.45 bits per heavy atom. The highest BCUT2D eigenvalue weighted by Gasteiger charge is 2.30. The van der Waals surface area contributed by atoms with Crippen LogP contribution in [0.1, 0.15) is 25.1 Å². The molecule has 2 heterocycles. The predicted octanol–water partition coefficient (Wildman–Crippen LogP) is 1.44. The van der Waals surface area contributed by atoms with Gasteiger partial charge in [0.1, 0.15) is 0 Å². The summed E-state index contributed by atoms with van der Waals surface area (Å²) in [4.78, 5) is 15.9. The van der Waals surface area contributed by atoms with Gasteiger partial charge in [0, 0.05) is 37.6 Å². The van der Waals surface area contributed by atoms with E-state index in [4.69, 9.17) is 0 Å². The molecule has 1 aliphatic heterocycles. The molecule has 4 nitrogen and oxygen atoms in total. The first-order valence-electron chi connectivity index (χ1n) is 7.36. The lowest BCUT2D eigenvalue weighted by Gasteiger charge is -2.27. The second-order valence-corrected chi connectivity index (χ2v) is 6.75. The molecular weight excluding hydrogens is 270 g/mol. The van der Waals surface area contributed by atoms with Crippen molar-refractivity contribution >= 4 is 17.2 Å². The van der Waals surface area contributed by atoms with Crippen LogP contribution >= 0.6 is 11.3 Å². The Bertz CT molecular complexity index is 411. The van der Waals surface area contributed by atoms with Crippen molar-refractivity contribution in [2.24, 2.45) is 0 Å². The number of hydrogen-bond donors (Lipinski definition) is 2. The summed E-state index contributed by atoms with van der Waals surface area (Å²) in [7, 11) is 0. The molecule has 2 N–H and O–H groups in total. The van der Waals surface area contributed by atoms with Crippen LogP contribution < -0.4 is 10.6 Å². The fourth-order valence-corrected chi connectivity index (χ4v) is 3.25. The van der Waals surface area contributed by atoms with E-state index in [1.165, 1.54) is 0 Å². The molecule has 0 bridgehead atoms. The number of carbonyl (C=O) groups is 1. The van der Waals surface area contributed by atoms with Crippen molar-refractivity contribution in [3.05, 3.63) is 22.4 Å². The molecule has 1 fully saturated rings. The Kier molecular flexibility index (Phi) is 5.57. The number of carbonyl (C=O) groups excluding carboxylic acids is 1. The normalized spacial score (nSPS) is 17.1. The van der Waals surface area contributed by atoms with E-state index < -0.39 is 5.41 Å². The highest BCUT2D eigenvalue weighted by molar-refractivity contribution is 7.10. The van der Waals surface area contributed by atoms with Gasteiger partial charge < -0.3 is 15.5 Å². The van der Waals surface area contributed by atoms with E-state index in [2.05, 4.69) is 15.5 Å². The van der Waals surface area contributed by atoms with Gasteiger partial charge in [0.25, 0.3) is 0 Å². The van der Waals surface area contributed by atoms with Crippen molar-refractivity contribution in [1.82, 2.24) is 15.5 Å². The minimum Gasteiger partial charge on any atom is -0.355 e.